The Kier molecular flexibility index (Phi) is 2.29. The van der Waals surface area contributed by atoms with E-state index >= 15 is 0 Å². The first-order valence-electron chi connectivity index (χ1n) is 4.35. The molecule has 2 rings (SSSR count). The van der Waals surface area contributed by atoms with Crippen LogP contribution in [0.3, 0.4) is 0 Å². The van der Waals surface area contributed by atoms with Crippen molar-refractivity contribution in [3.63, 3.8) is 0 Å². The minimum Gasteiger partial charge on any atom is -0.369 e. The second kappa shape index (κ2) is 3.46. The number of fused-ring (bicyclic) bond motifs is 1. The van der Waals surface area contributed by atoms with Crippen LogP contribution in [0.25, 0.3) is 6.08 Å². The topological polar surface area (TPSA) is 37.4 Å². The van der Waals surface area contributed by atoms with Crippen molar-refractivity contribution in [2.75, 3.05) is 18.5 Å². The minimum absolute atomic E-state index is 0.407. The van der Waals surface area contributed by atoms with Gasteiger partial charge in [0.25, 0.3) is 0 Å². The van der Waals surface area contributed by atoms with E-state index in [1.54, 1.807) is 12.1 Å². The summed E-state index contributed by atoms with van der Waals surface area (Å²) in [7, 11) is -0.619. The fraction of sp³-hybridized carbons (Fsp3) is 0.200. The van der Waals surface area contributed by atoms with Gasteiger partial charge in [0.2, 0.25) is 0 Å². The summed E-state index contributed by atoms with van der Waals surface area (Å²) < 4.78 is 22.0. The Labute approximate surface area is 84.6 Å². The van der Waals surface area contributed by atoms with E-state index in [-0.39, 0.29) is 0 Å². The summed E-state index contributed by atoms with van der Waals surface area (Å²) in [6.07, 6.45) is 3.97. The number of hydrogen-bond donors (Lipinski definition) is 1. The molecule has 1 aliphatic heterocycles. The number of anilines is 1. The molecule has 0 spiro atoms. The molecule has 14 heavy (non-hydrogen) atoms. The molecule has 0 saturated heterocycles. The molecule has 0 bridgehead atoms. The number of thiol groups is 1. The van der Waals surface area contributed by atoms with Crippen molar-refractivity contribution in [2.24, 2.45) is 0 Å². The Morgan fingerprint density at radius 3 is 2.86 bits per heavy atom. The number of rotatable bonds is 1. The Balaban J connectivity index is 2.70. The molecule has 0 N–H and O–H groups in total. The van der Waals surface area contributed by atoms with Gasteiger partial charge < -0.3 is 4.90 Å². The van der Waals surface area contributed by atoms with Gasteiger partial charge in [-0.15, -0.1) is 0 Å². The normalized spacial score (nSPS) is 14.6. The third kappa shape index (κ3) is 1.42. The molecule has 0 atom stereocenters. The van der Waals surface area contributed by atoms with Crippen molar-refractivity contribution in [3.8, 4) is 0 Å². The fourth-order valence-corrected chi connectivity index (χ4v) is 2.36. The van der Waals surface area contributed by atoms with Crippen LogP contribution in [0.5, 0.6) is 0 Å². The number of para-hydroxylation sites is 1. The highest BCUT2D eigenvalue weighted by Gasteiger charge is 2.14. The molecular weight excluding hydrogens is 198 g/mol. The van der Waals surface area contributed by atoms with Gasteiger partial charge in [-0.2, -0.15) is 0 Å². The monoisotopic (exact) mass is 209 g/mol. The van der Waals surface area contributed by atoms with Gasteiger partial charge in [0, 0.05) is 13.6 Å². The molecule has 0 radical (unpaired) electrons. The zero-order valence-corrected chi connectivity index (χ0v) is 8.70. The van der Waals surface area contributed by atoms with Gasteiger partial charge in [0.1, 0.15) is 0 Å². The number of nitrogens with zero attached hydrogens (tertiary/aromatic N) is 1. The Bertz CT molecular complexity index is 455. The molecule has 0 saturated carbocycles. The fourth-order valence-electron chi connectivity index (χ4n) is 1.68. The number of hydrogen-bond acceptors (Lipinski definition) is 3. The van der Waals surface area contributed by atoms with E-state index in [9.17, 15) is 8.42 Å². The number of benzene rings is 1. The van der Waals surface area contributed by atoms with Crippen LogP contribution in [0.1, 0.15) is 5.56 Å². The van der Waals surface area contributed by atoms with E-state index in [0.29, 0.717) is 4.90 Å². The molecule has 0 fully saturated rings. The molecule has 0 aromatic heterocycles. The maximum Gasteiger partial charge on any atom is 0.170 e. The highest BCUT2D eigenvalue weighted by Crippen LogP contribution is 2.29. The molecule has 1 aliphatic rings. The molecule has 0 amide bonds. The van der Waals surface area contributed by atoms with E-state index in [2.05, 4.69) is 0 Å². The molecule has 0 unspecified atom stereocenters. The quantitative estimate of drug-likeness (QED) is 0.704. The summed E-state index contributed by atoms with van der Waals surface area (Å²) in [5, 5.41) is 0. The van der Waals surface area contributed by atoms with E-state index < -0.39 is 10.7 Å². The lowest BCUT2D eigenvalue weighted by atomic mass is 10.1. The van der Waals surface area contributed by atoms with Crippen molar-refractivity contribution >= 4 is 22.5 Å². The largest absolute Gasteiger partial charge is 0.369 e. The molecule has 1 heterocycles. The van der Waals surface area contributed by atoms with Crippen molar-refractivity contribution < 1.29 is 8.42 Å². The lowest BCUT2D eigenvalue weighted by Crippen LogP contribution is -2.21. The Morgan fingerprint density at radius 2 is 2.14 bits per heavy atom. The van der Waals surface area contributed by atoms with Crippen LogP contribution in [0.2, 0.25) is 0 Å². The molecule has 0 aliphatic carbocycles. The third-order valence-corrected chi connectivity index (χ3v) is 3.06. The molecular formula is C10H11NO2S. The third-order valence-electron chi connectivity index (χ3n) is 2.30. The maximum atomic E-state index is 11.0. The van der Waals surface area contributed by atoms with Crippen LogP contribution >= 0.6 is 0 Å². The standard InChI is InChI=1S/C10H11NO2S/c1-11-7-3-5-8-4-2-6-9(10(8)11)14(12)13/h2-6,14H,7H2,1H3. The van der Waals surface area contributed by atoms with Gasteiger partial charge in [0.15, 0.2) is 10.7 Å². The first-order valence-corrected chi connectivity index (χ1v) is 5.53. The van der Waals surface area contributed by atoms with E-state index in [1.807, 2.05) is 30.2 Å². The average Bonchev–Trinajstić information content (AvgIpc) is 2.17. The molecule has 4 heteroatoms. The first-order chi connectivity index (χ1) is 6.70. The zero-order chi connectivity index (χ0) is 10.1. The van der Waals surface area contributed by atoms with Crippen molar-refractivity contribution in [2.45, 2.75) is 4.90 Å². The Hall–Kier alpha value is -1.29. The highest BCUT2D eigenvalue weighted by atomic mass is 32.2. The predicted molar refractivity (Wildman–Crippen MR) is 57.3 cm³/mol. The molecule has 3 nitrogen and oxygen atoms in total. The second-order valence-corrected chi connectivity index (χ2v) is 4.25. The lowest BCUT2D eigenvalue weighted by Gasteiger charge is -2.24. The number of likely N-dealkylation sites (N-methyl/N-ethyl adjacent to an activating group) is 1. The lowest BCUT2D eigenvalue weighted by molar-refractivity contribution is 0.614. The van der Waals surface area contributed by atoms with Gasteiger partial charge in [0.05, 0.1) is 10.6 Å². The van der Waals surface area contributed by atoms with Crippen LogP contribution in [0.15, 0.2) is 29.2 Å². The van der Waals surface area contributed by atoms with Gasteiger partial charge in [-0.05, 0) is 11.6 Å². The minimum atomic E-state index is -2.51. The zero-order valence-electron chi connectivity index (χ0n) is 7.80. The summed E-state index contributed by atoms with van der Waals surface area (Å²) in [4.78, 5) is 2.35. The van der Waals surface area contributed by atoms with Crippen molar-refractivity contribution in [1.82, 2.24) is 0 Å². The van der Waals surface area contributed by atoms with Crippen LogP contribution in [0, 0.1) is 0 Å². The van der Waals surface area contributed by atoms with Crippen LogP contribution in [-0.2, 0) is 10.7 Å². The van der Waals surface area contributed by atoms with Gasteiger partial charge in [-0.3, -0.25) is 0 Å². The Morgan fingerprint density at radius 1 is 1.36 bits per heavy atom. The maximum absolute atomic E-state index is 11.0. The summed E-state index contributed by atoms with van der Waals surface area (Å²) >= 11 is 0. The van der Waals surface area contributed by atoms with Crippen LogP contribution in [0.4, 0.5) is 5.69 Å². The van der Waals surface area contributed by atoms with Gasteiger partial charge in [-0.1, -0.05) is 24.3 Å². The predicted octanol–water partition coefficient (Wildman–Crippen LogP) is 1.12. The SMILES string of the molecule is CN1CC=Cc2cccc([SH](=O)=O)c21. The molecule has 1 aromatic rings. The second-order valence-electron chi connectivity index (χ2n) is 3.25. The van der Waals surface area contributed by atoms with Crippen molar-refractivity contribution in [3.05, 3.63) is 29.8 Å². The summed E-state index contributed by atoms with van der Waals surface area (Å²) in [5.41, 5.74) is 1.78. The highest BCUT2D eigenvalue weighted by molar-refractivity contribution is 7.72. The molecule has 74 valence electrons. The van der Waals surface area contributed by atoms with Crippen LogP contribution in [-0.4, -0.2) is 22.0 Å². The van der Waals surface area contributed by atoms with Gasteiger partial charge in [-0.25, -0.2) is 8.42 Å². The van der Waals surface area contributed by atoms with E-state index in [0.717, 1.165) is 17.8 Å². The summed E-state index contributed by atoms with van der Waals surface area (Å²) in [6.45, 7) is 0.757. The van der Waals surface area contributed by atoms with Crippen LogP contribution < -0.4 is 4.90 Å². The smallest absolute Gasteiger partial charge is 0.170 e. The first kappa shape index (κ1) is 9.27. The van der Waals surface area contributed by atoms with E-state index in [4.69, 9.17) is 0 Å². The summed E-state index contributed by atoms with van der Waals surface area (Å²) in [5.74, 6) is 0. The average molecular weight is 209 g/mol. The van der Waals surface area contributed by atoms with Crippen molar-refractivity contribution in [1.29, 1.82) is 0 Å². The molecule has 1 aromatic carbocycles. The van der Waals surface area contributed by atoms with Gasteiger partial charge >= 0.3 is 0 Å². The summed E-state index contributed by atoms with van der Waals surface area (Å²) in [6, 6.07) is 5.33. The van der Waals surface area contributed by atoms with E-state index in [1.165, 1.54) is 0 Å².